The summed E-state index contributed by atoms with van der Waals surface area (Å²) in [5, 5.41) is 0. The summed E-state index contributed by atoms with van der Waals surface area (Å²) in [7, 11) is -3.19. The highest BCUT2D eigenvalue weighted by Crippen LogP contribution is 2.42. The summed E-state index contributed by atoms with van der Waals surface area (Å²) in [6.45, 7) is 3.91. The van der Waals surface area contributed by atoms with E-state index in [1.807, 2.05) is 0 Å². The van der Waals surface area contributed by atoms with E-state index in [4.69, 9.17) is 14.0 Å². The third-order valence-electron chi connectivity index (χ3n) is 9.76. The Kier molecular flexibility index (Phi) is 38.6. The lowest BCUT2D eigenvalue weighted by molar-refractivity contribution is -0.161. The molecule has 0 aromatic heterocycles. The van der Waals surface area contributed by atoms with Crippen molar-refractivity contribution in [2.24, 2.45) is 0 Å². The van der Waals surface area contributed by atoms with Crippen molar-refractivity contribution in [3.05, 3.63) is 12.2 Å². The van der Waals surface area contributed by atoms with Crippen molar-refractivity contribution in [2.45, 2.75) is 232 Å². The van der Waals surface area contributed by atoms with Crippen LogP contribution in [0.3, 0.4) is 0 Å². The van der Waals surface area contributed by atoms with Crippen molar-refractivity contribution in [3.63, 3.8) is 0 Å². The van der Waals surface area contributed by atoms with Gasteiger partial charge in [0.25, 0.3) is 0 Å². The van der Waals surface area contributed by atoms with Gasteiger partial charge < -0.3 is 14.4 Å². The number of hydrogen-bond acceptors (Lipinski definition) is 7. The fraction of sp³-hybridized carbons (Fsp3) is 0.907. The average Bonchev–Trinajstić information content (AvgIpc) is 3.13. The van der Waals surface area contributed by atoms with Crippen LogP contribution < -0.4 is 0 Å². The van der Waals surface area contributed by atoms with E-state index in [1.54, 1.807) is 0 Å². The lowest BCUT2D eigenvalue weighted by Crippen LogP contribution is -2.29. The van der Waals surface area contributed by atoms with Crippen LogP contribution in [0.5, 0.6) is 0 Å². The number of unbranched alkanes of at least 4 members (excludes halogenated alkanes) is 28. The molecule has 0 aliphatic heterocycles. The van der Waals surface area contributed by atoms with Gasteiger partial charge in [-0.25, -0.2) is 4.57 Å². The van der Waals surface area contributed by atoms with E-state index in [0.29, 0.717) is 12.8 Å². The Hall–Kier alpha value is -1.21. The Morgan fingerprint density at radius 2 is 0.865 bits per heavy atom. The Labute approximate surface area is 320 Å². The Bertz CT molecular complexity index is 864. The fourth-order valence-electron chi connectivity index (χ4n) is 6.36. The molecule has 9 heteroatoms. The Morgan fingerprint density at radius 3 is 1.25 bits per heavy atom. The van der Waals surface area contributed by atoms with Crippen molar-refractivity contribution in [2.75, 3.05) is 20.3 Å². The molecular formula is C43H83O8P. The smallest absolute Gasteiger partial charge is 0.462 e. The molecule has 308 valence electrons. The molecule has 0 aliphatic carbocycles. The van der Waals surface area contributed by atoms with Gasteiger partial charge in [0.2, 0.25) is 0 Å². The third kappa shape index (κ3) is 38.5. The summed E-state index contributed by atoms with van der Waals surface area (Å²) in [5.74, 6) is -0.797. The number of phosphoric ester groups is 1. The molecule has 0 saturated heterocycles. The highest BCUT2D eigenvalue weighted by molar-refractivity contribution is 7.47. The zero-order valence-electron chi connectivity index (χ0n) is 34.2. The van der Waals surface area contributed by atoms with E-state index >= 15 is 0 Å². The topological polar surface area (TPSA) is 108 Å². The Balaban J connectivity index is 3.96. The molecule has 0 heterocycles. The number of phosphoric acid groups is 1. The zero-order chi connectivity index (χ0) is 38.2. The molecular weight excluding hydrogens is 675 g/mol. The fourth-order valence-corrected chi connectivity index (χ4v) is 6.82. The van der Waals surface area contributed by atoms with Gasteiger partial charge in [0.05, 0.1) is 6.61 Å². The lowest BCUT2D eigenvalue weighted by Gasteiger charge is -2.19. The van der Waals surface area contributed by atoms with Crippen LogP contribution in [-0.4, -0.2) is 43.3 Å². The number of esters is 2. The van der Waals surface area contributed by atoms with Gasteiger partial charge in [-0.1, -0.05) is 187 Å². The van der Waals surface area contributed by atoms with E-state index in [2.05, 4.69) is 30.5 Å². The molecule has 0 amide bonds. The van der Waals surface area contributed by atoms with Gasteiger partial charge in [-0.3, -0.25) is 18.6 Å². The minimum absolute atomic E-state index is 0.221. The predicted octanol–water partition coefficient (Wildman–Crippen LogP) is 13.7. The van der Waals surface area contributed by atoms with Crippen LogP contribution in [0, 0.1) is 0 Å². The molecule has 0 bridgehead atoms. The first-order valence-corrected chi connectivity index (χ1v) is 23.4. The number of hydrogen-bond donors (Lipinski definition) is 1. The summed E-state index contributed by atoms with van der Waals surface area (Å²) < 4.78 is 32.0. The van der Waals surface area contributed by atoms with E-state index in [9.17, 15) is 19.0 Å². The SMILES string of the molecule is CCCCCCCCC/C=C\CCCCCCCCCC(=O)OC(COC(=O)CCCCCCCCCCCCCCCCC)COP(=O)(O)OC. The maximum atomic E-state index is 12.5. The molecule has 0 spiro atoms. The Morgan fingerprint density at radius 1 is 0.519 bits per heavy atom. The number of ether oxygens (including phenoxy) is 2. The second-order valence-corrected chi connectivity index (χ2v) is 16.4. The van der Waals surface area contributed by atoms with Crippen LogP contribution in [-0.2, 0) is 32.7 Å². The summed E-state index contributed by atoms with van der Waals surface area (Å²) in [6.07, 6.45) is 42.6. The van der Waals surface area contributed by atoms with Crippen molar-refractivity contribution >= 4 is 19.8 Å². The third-order valence-corrected chi connectivity index (χ3v) is 10.7. The van der Waals surface area contributed by atoms with Crippen LogP contribution in [0.25, 0.3) is 0 Å². The van der Waals surface area contributed by atoms with Crippen LogP contribution in [0.15, 0.2) is 12.2 Å². The van der Waals surface area contributed by atoms with E-state index in [-0.39, 0.29) is 19.0 Å². The van der Waals surface area contributed by atoms with E-state index in [0.717, 1.165) is 52.1 Å². The number of carbonyl (C=O) groups is 2. The summed E-state index contributed by atoms with van der Waals surface area (Å²) >= 11 is 0. The zero-order valence-corrected chi connectivity index (χ0v) is 35.1. The summed E-state index contributed by atoms with van der Waals surface area (Å²) in [6, 6.07) is 0. The number of rotatable bonds is 41. The first-order valence-electron chi connectivity index (χ1n) is 21.9. The standard InChI is InChI=1S/C43H83O8P/c1-4-6-8-10-12-14-16-18-20-21-22-24-26-28-30-32-34-36-38-43(45)51-41(40-50-52(46,47)48-3)39-49-42(44)37-35-33-31-29-27-25-23-19-17-15-13-11-9-7-5-2/h20-21,41H,4-19,22-40H2,1-3H3,(H,46,47)/b21-20-. The molecule has 8 nitrogen and oxygen atoms in total. The molecule has 0 rings (SSSR count). The molecule has 2 atom stereocenters. The minimum Gasteiger partial charge on any atom is -0.462 e. The maximum absolute atomic E-state index is 12.5. The van der Waals surface area contributed by atoms with Gasteiger partial charge in [0.1, 0.15) is 6.61 Å². The second kappa shape index (κ2) is 39.5. The largest absolute Gasteiger partial charge is 0.472 e. The van der Waals surface area contributed by atoms with Gasteiger partial charge in [0, 0.05) is 20.0 Å². The first kappa shape index (κ1) is 50.8. The van der Waals surface area contributed by atoms with Crippen molar-refractivity contribution in [1.82, 2.24) is 0 Å². The normalized spacial score (nSPS) is 13.4. The van der Waals surface area contributed by atoms with Crippen molar-refractivity contribution in [1.29, 1.82) is 0 Å². The molecule has 0 fully saturated rings. The lowest BCUT2D eigenvalue weighted by atomic mass is 10.0. The van der Waals surface area contributed by atoms with Gasteiger partial charge in [0.15, 0.2) is 6.10 Å². The molecule has 0 saturated carbocycles. The quantitative estimate of drug-likeness (QED) is 0.0284. The molecule has 1 N–H and O–H groups in total. The van der Waals surface area contributed by atoms with Crippen molar-refractivity contribution < 1.29 is 37.6 Å². The average molecular weight is 759 g/mol. The van der Waals surface area contributed by atoms with Crippen LogP contribution >= 0.6 is 7.82 Å². The summed E-state index contributed by atoms with van der Waals surface area (Å²) in [4.78, 5) is 34.5. The summed E-state index contributed by atoms with van der Waals surface area (Å²) in [5.41, 5.74) is 0. The first-order chi connectivity index (χ1) is 25.3. The van der Waals surface area contributed by atoms with Crippen LogP contribution in [0.4, 0.5) is 0 Å². The monoisotopic (exact) mass is 759 g/mol. The van der Waals surface area contributed by atoms with Gasteiger partial charge in [-0.2, -0.15) is 0 Å². The van der Waals surface area contributed by atoms with Crippen LogP contribution in [0.1, 0.15) is 226 Å². The molecule has 2 unspecified atom stereocenters. The molecule has 0 aromatic rings. The number of allylic oxidation sites excluding steroid dienone is 2. The van der Waals surface area contributed by atoms with Crippen molar-refractivity contribution in [3.8, 4) is 0 Å². The number of carbonyl (C=O) groups excluding carboxylic acids is 2. The minimum atomic E-state index is -4.26. The molecule has 0 aromatic carbocycles. The van der Waals surface area contributed by atoms with Crippen LogP contribution in [0.2, 0.25) is 0 Å². The molecule has 52 heavy (non-hydrogen) atoms. The molecule has 0 aliphatic rings. The second-order valence-electron chi connectivity index (χ2n) is 14.8. The highest BCUT2D eigenvalue weighted by Gasteiger charge is 2.24. The molecule has 0 radical (unpaired) electrons. The maximum Gasteiger partial charge on any atom is 0.472 e. The van der Waals surface area contributed by atoms with Gasteiger partial charge in [-0.15, -0.1) is 0 Å². The van der Waals surface area contributed by atoms with Gasteiger partial charge >= 0.3 is 19.8 Å². The van der Waals surface area contributed by atoms with E-state index < -0.39 is 26.5 Å². The highest BCUT2D eigenvalue weighted by atomic mass is 31.2. The van der Waals surface area contributed by atoms with Gasteiger partial charge in [-0.05, 0) is 38.5 Å². The van der Waals surface area contributed by atoms with E-state index in [1.165, 1.54) is 148 Å². The predicted molar refractivity (Wildman–Crippen MR) is 216 cm³/mol.